The fraction of sp³-hybridized carbons (Fsp3) is 0.867. The molecule has 0 radical (unpaired) electrons. The van der Waals surface area contributed by atoms with E-state index in [0.717, 1.165) is 26.2 Å². The third-order valence-electron chi connectivity index (χ3n) is 3.51. The lowest BCUT2D eigenvalue weighted by atomic mass is 9.98. The summed E-state index contributed by atoms with van der Waals surface area (Å²) in [5.41, 5.74) is 0. The molecule has 0 aliphatic carbocycles. The summed E-state index contributed by atoms with van der Waals surface area (Å²) < 4.78 is 0. The van der Waals surface area contributed by atoms with Crippen LogP contribution in [0.4, 0.5) is 0 Å². The number of rotatable bonds is 8. The van der Waals surface area contributed by atoms with Gasteiger partial charge in [-0.15, -0.1) is 0 Å². The number of piperidine rings is 1. The third-order valence-corrected chi connectivity index (χ3v) is 3.51. The van der Waals surface area contributed by atoms with Crippen molar-refractivity contribution >= 4 is 5.91 Å². The van der Waals surface area contributed by atoms with Crippen LogP contribution >= 0.6 is 0 Å². The van der Waals surface area contributed by atoms with E-state index in [1.54, 1.807) is 0 Å². The summed E-state index contributed by atoms with van der Waals surface area (Å²) in [5, 5.41) is 14.7. The summed E-state index contributed by atoms with van der Waals surface area (Å²) in [4.78, 5) is 13.9. The first-order valence-electron chi connectivity index (χ1n) is 7.68. The summed E-state index contributed by atoms with van der Waals surface area (Å²) in [6.45, 7) is 9.46. The van der Waals surface area contributed by atoms with Gasteiger partial charge in [-0.3, -0.25) is 9.69 Å². The highest BCUT2D eigenvalue weighted by Crippen LogP contribution is 2.15. The van der Waals surface area contributed by atoms with Crippen LogP contribution in [0.3, 0.4) is 0 Å². The zero-order valence-corrected chi connectivity index (χ0v) is 12.8. The number of hydrogen-bond acceptors (Lipinski definition) is 4. The summed E-state index contributed by atoms with van der Waals surface area (Å²) in [7, 11) is 0. The van der Waals surface area contributed by atoms with Crippen LogP contribution in [-0.2, 0) is 4.79 Å². The molecule has 5 nitrogen and oxygen atoms in total. The molecule has 1 fully saturated rings. The second-order valence-corrected chi connectivity index (χ2v) is 6.05. The van der Waals surface area contributed by atoms with Crippen LogP contribution in [0.5, 0.6) is 0 Å². The molecule has 1 amide bonds. The van der Waals surface area contributed by atoms with Crippen molar-refractivity contribution in [3.8, 4) is 6.07 Å². The van der Waals surface area contributed by atoms with E-state index in [1.165, 1.54) is 12.8 Å². The van der Waals surface area contributed by atoms with Gasteiger partial charge in [-0.1, -0.05) is 13.8 Å². The van der Waals surface area contributed by atoms with Gasteiger partial charge in [0.1, 0.15) is 0 Å². The monoisotopic (exact) mass is 280 g/mol. The molecule has 0 saturated carbocycles. The van der Waals surface area contributed by atoms with Crippen molar-refractivity contribution in [2.75, 3.05) is 39.3 Å². The van der Waals surface area contributed by atoms with Gasteiger partial charge in [0.05, 0.1) is 19.0 Å². The lowest BCUT2D eigenvalue weighted by Gasteiger charge is -2.32. The Balaban J connectivity index is 2.19. The second-order valence-electron chi connectivity index (χ2n) is 6.05. The van der Waals surface area contributed by atoms with E-state index in [-0.39, 0.29) is 5.91 Å². The van der Waals surface area contributed by atoms with E-state index in [1.807, 2.05) is 6.07 Å². The van der Waals surface area contributed by atoms with E-state index in [0.29, 0.717) is 31.3 Å². The van der Waals surface area contributed by atoms with E-state index in [2.05, 4.69) is 29.4 Å². The minimum atomic E-state index is 0.0380. The van der Waals surface area contributed by atoms with E-state index in [9.17, 15) is 4.79 Å². The first-order valence-corrected chi connectivity index (χ1v) is 7.68. The van der Waals surface area contributed by atoms with Crippen molar-refractivity contribution in [2.24, 2.45) is 11.8 Å². The largest absolute Gasteiger partial charge is 0.354 e. The summed E-state index contributed by atoms with van der Waals surface area (Å²) >= 11 is 0. The summed E-state index contributed by atoms with van der Waals surface area (Å²) in [6.07, 6.45) is 2.80. The highest BCUT2D eigenvalue weighted by molar-refractivity contribution is 5.78. The van der Waals surface area contributed by atoms with Gasteiger partial charge in [-0.05, 0) is 44.3 Å². The maximum absolute atomic E-state index is 11.7. The minimum Gasteiger partial charge on any atom is -0.354 e. The molecule has 0 aromatic heterocycles. The molecular formula is C15H28N4O. The van der Waals surface area contributed by atoms with E-state index < -0.39 is 0 Å². The topological polar surface area (TPSA) is 68.2 Å². The average molecular weight is 280 g/mol. The Bertz CT molecular complexity index is 324. The Morgan fingerprint density at radius 3 is 3.00 bits per heavy atom. The van der Waals surface area contributed by atoms with E-state index in [4.69, 9.17) is 5.26 Å². The molecule has 1 unspecified atom stereocenters. The maximum atomic E-state index is 11.7. The SMILES string of the molecule is CC(C)CNCC1CCCN(CC(=O)NCCC#N)C1. The van der Waals surface area contributed by atoms with Gasteiger partial charge in [0, 0.05) is 13.1 Å². The summed E-state index contributed by atoms with van der Waals surface area (Å²) in [5.74, 6) is 1.37. The minimum absolute atomic E-state index is 0.0380. The summed E-state index contributed by atoms with van der Waals surface area (Å²) in [6, 6.07) is 2.03. The zero-order chi connectivity index (χ0) is 14.8. The molecular weight excluding hydrogens is 252 g/mol. The first kappa shape index (κ1) is 16.9. The molecule has 1 aliphatic rings. The fourth-order valence-electron chi connectivity index (χ4n) is 2.55. The highest BCUT2D eigenvalue weighted by atomic mass is 16.2. The molecule has 5 heteroatoms. The molecule has 0 spiro atoms. The molecule has 114 valence electrons. The molecule has 1 saturated heterocycles. The number of nitrogens with one attached hydrogen (secondary N) is 2. The van der Waals surface area contributed by atoms with Crippen molar-refractivity contribution in [3.05, 3.63) is 0 Å². The number of nitriles is 1. The van der Waals surface area contributed by atoms with Gasteiger partial charge in [0.15, 0.2) is 0 Å². The molecule has 2 N–H and O–H groups in total. The number of carbonyl (C=O) groups is 1. The molecule has 1 aliphatic heterocycles. The number of carbonyl (C=O) groups excluding carboxylic acids is 1. The van der Waals surface area contributed by atoms with Crippen LogP contribution < -0.4 is 10.6 Å². The number of amides is 1. The van der Waals surface area contributed by atoms with Crippen LogP contribution in [0.1, 0.15) is 33.1 Å². The number of nitrogens with zero attached hydrogens (tertiary/aromatic N) is 2. The maximum Gasteiger partial charge on any atom is 0.234 e. The highest BCUT2D eigenvalue weighted by Gasteiger charge is 2.21. The van der Waals surface area contributed by atoms with Crippen molar-refractivity contribution in [1.82, 2.24) is 15.5 Å². The smallest absolute Gasteiger partial charge is 0.234 e. The molecule has 1 heterocycles. The molecule has 1 atom stereocenters. The van der Waals surface area contributed by atoms with Crippen LogP contribution in [0.25, 0.3) is 0 Å². The van der Waals surface area contributed by atoms with Gasteiger partial charge in [-0.2, -0.15) is 5.26 Å². The zero-order valence-electron chi connectivity index (χ0n) is 12.8. The average Bonchev–Trinajstić information content (AvgIpc) is 2.39. The van der Waals surface area contributed by atoms with E-state index >= 15 is 0 Å². The molecule has 0 bridgehead atoms. The van der Waals surface area contributed by atoms with Crippen LogP contribution in [0, 0.1) is 23.2 Å². The van der Waals surface area contributed by atoms with Crippen LogP contribution in [0.2, 0.25) is 0 Å². The Labute approximate surface area is 122 Å². The van der Waals surface area contributed by atoms with Crippen molar-refractivity contribution in [2.45, 2.75) is 33.1 Å². The Morgan fingerprint density at radius 2 is 2.30 bits per heavy atom. The van der Waals surface area contributed by atoms with Gasteiger partial charge >= 0.3 is 0 Å². The predicted molar refractivity (Wildman–Crippen MR) is 80.1 cm³/mol. The van der Waals surface area contributed by atoms with Crippen molar-refractivity contribution in [3.63, 3.8) is 0 Å². The number of hydrogen-bond donors (Lipinski definition) is 2. The third kappa shape index (κ3) is 7.46. The lowest BCUT2D eigenvalue weighted by Crippen LogP contribution is -2.45. The van der Waals surface area contributed by atoms with Crippen LogP contribution in [-0.4, -0.2) is 50.1 Å². The lowest BCUT2D eigenvalue weighted by molar-refractivity contribution is -0.122. The predicted octanol–water partition coefficient (Wildman–Crippen LogP) is 0.974. The second kappa shape index (κ2) is 9.73. The Morgan fingerprint density at radius 1 is 1.50 bits per heavy atom. The number of likely N-dealkylation sites (tertiary alicyclic amines) is 1. The Hall–Kier alpha value is -1.12. The van der Waals surface area contributed by atoms with Crippen molar-refractivity contribution in [1.29, 1.82) is 5.26 Å². The quantitative estimate of drug-likeness (QED) is 0.650. The van der Waals surface area contributed by atoms with Gasteiger partial charge in [0.25, 0.3) is 0 Å². The molecule has 0 aromatic carbocycles. The van der Waals surface area contributed by atoms with Gasteiger partial charge < -0.3 is 10.6 Å². The van der Waals surface area contributed by atoms with Crippen molar-refractivity contribution < 1.29 is 4.79 Å². The standard InChI is InChI=1S/C15H28N4O/c1-13(2)9-17-10-14-5-3-8-19(11-14)12-15(20)18-7-4-6-16/h13-14,17H,3-5,7-12H2,1-2H3,(H,18,20). The first-order chi connectivity index (χ1) is 9.61. The molecule has 20 heavy (non-hydrogen) atoms. The Kier molecular flexibility index (Phi) is 8.24. The van der Waals surface area contributed by atoms with Gasteiger partial charge in [0.2, 0.25) is 5.91 Å². The molecule has 0 aromatic rings. The fourth-order valence-corrected chi connectivity index (χ4v) is 2.55. The normalized spacial score (nSPS) is 19.8. The molecule has 1 rings (SSSR count). The van der Waals surface area contributed by atoms with Crippen LogP contribution in [0.15, 0.2) is 0 Å². The van der Waals surface area contributed by atoms with Gasteiger partial charge in [-0.25, -0.2) is 0 Å².